The monoisotopic (exact) mass is 290 g/mol. The van der Waals surface area contributed by atoms with Gasteiger partial charge in [0, 0.05) is 45.5 Å². The third-order valence-corrected chi connectivity index (χ3v) is 2.79. The van der Waals surface area contributed by atoms with Crippen LogP contribution < -0.4 is 5.32 Å². The van der Waals surface area contributed by atoms with Crippen molar-refractivity contribution in [3.05, 3.63) is 30.4 Å². The molecule has 0 aromatic carbocycles. The van der Waals surface area contributed by atoms with Gasteiger partial charge in [0.25, 0.3) is 0 Å². The van der Waals surface area contributed by atoms with E-state index in [4.69, 9.17) is 9.15 Å². The van der Waals surface area contributed by atoms with E-state index in [0.717, 1.165) is 12.0 Å². The highest BCUT2D eigenvalue weighted by Gasteiger charge is 2.10. The lowest BCUT2D eigenvalue weighted by Crippen LogP contribution is -2.25. The third kappa shape index (κ3) is 4.96. The highest BCUT2D eigenvalue weighted by atomic mass is 16.5. The molecule has 0 bridgehead atoms. The lowest BCUT2D eigenvalue weighted by atomic mass is 10.3. The van der Waals surface area contributed by atoms with Gasteiger partial charge in [0.2, 0.25) is 17.7 Å². The van der Waals surface area contributed by atoms with Gasteiger partial charge in [0.15, 0.2) is 0 Å². The summed E-state index contributed by atoms with van der Waals surface area (Å²) in [5.41, 5.74) is 0.764. The van der Waals surface area contributed by atoms with Gasteiger partial charge < -0.3 is 14.5 Å². The summed E-state index contributed by atoms with van der Waals surface area (Å²) in [5.74, 6) is 0.826. The minimum absolute atomic E-state index is 0.0350. The Labute approximate surface area is 122 Å². The van der Waals surface area contributed by atoms with E-state index < -0.39 is 0 Å². The Hall–Kier alpha value is -2.28. The maximum Gasteiger partial charge on any atom is 0.249 e. The number of hydrogen-bond donors (Lipinski definition) is 1. The normalized spacial score (nSPS) is 10.5. The highest BCUT2D eigenvalue weighted by molar-refractivity contribution is 5.75. The summed E-state index contributed by atoms with van der Waals surface area (Å²) in [7, 11) is 1.64. The van der Waals surface area contributed by atoms with Crippen LogP contribution in [-0.4, -0.2) is 41.3 Å². The zero-order chi connectivity index (χ0) is 14.9. The first kappa shape index (κ1) is 15.1. The number of ether oxygens (including phenoxy) is 1. The standard InChI is InChI=1S/C14H18N4O3/c1-20-9-3-8-16-12(19)5-6-13-17-18-14(21-13)11-4-2-7-15-10-11/h2,4,7,10H,3,5-6,8-9H2,1H3,(H,16,19). The van der Waals surface area contributed by atoms with E-state index in [0.29, 0.717) is 37.8 Å². The van der Waals surface area contributed by atoms with E-state index in [9.17, 15) is 4.79 Å². The largest absolute Gasteiger partial charge is 0.421 e. The van der Waals surface area contributed by atoms with E-state index >= 15 is 0 Å². The van der Waals surface area contributed by atoms with Gasteiger partial charge in [-0.15, -0.1) is 10.2 Å². The lowest BCUT2D eigenvalue weighted by Gasteiger charge is -2.03. The molecular weight excluding hydrogens is 272 g/mol. The molecule has 0 atom stereocenters. The van der Waals surface area contributed by atoms with Crippen LogP contribution in [0.5, 0.6) is 0 Å². The molecule has 0 radical (unpaired) electrons. The van der Waals surface area contributed by atoms with Crippen LogP contribution in [0.15, 0.2) is 28.9 Å². The number of aryl methyl sites for hydroxylation is 1. The Morgan fingerprint density at radius 3 is 3.10 bits per heavy atom. The molecule has 2 aromatic heterocycles. The molecule has 7 heteroatoms. The Kier molecular flexibility index (Phi) is 5.83. The average Bonchev–Trinajstić information content (AvgIpc) is 2.99. The van der Waals surface area contributed by atoms with Gasteiger partial charge in [-0.2, -0.15) is 0 Å². The summed E-state index contributed by atoms with van der Waals surface area (Å²) in [6.07, 6.45) is 4.87. The predicted octanol–water partition coefficient (Wildman–Crippen LogP) is 1.22. The maximum atomic E-state index is 11.6. The van der Waals surface area contributed by atoms with E-state index in [1.165, 1.54) is 0 Å². The van der Waals surface area contributed by atoms with Crippen molar-refractivity contribution in [2.45, 2.75) is 19.3 Å². The number of methoxy groups -OCH3 is 1. The van der Waals surface area contributed by atoms with Gasteiger partial charge in [0.05, 0.1) is 5.56 Å². The molecule has 0 aliphatic carbocycles. The van der Waals surface area contributed by atoms with Gasteiger partial charge in [-0.05, 0) is 18.6 Å². The second-order valence-electron chi connectivity index (χ2n) is 4.44. The second kappa shape index (κ2) is 8.11. The number of carbonyl (C=O) groups excluding carboxylic acids is 1. The summed E-state index contributed by atoms with van der Waals surface area (Å²) >= 11 is 0. The van der Waals surface area contributed by atoms with Crippen LogP contribution in [0.2, 0.25) is 0 Å². The average molecular weight is 290 g/mol. The van der Waals surface area contributed by atoms with Crippen molar-refractivity contribution in [2.75, 3.05) is 20.3 Å². The Bertz CT molecular complexity index is 556. The molecule has 0 aliphatic heterocycles. The van der Waals surface area contributed by atoms with Gasteiger partial charge >= 0.3 is 0 Å². The molecule has 2 heterocycles. The Morgan fingerprint density at radius 1 is 1.43 bits per heavy atom. The molecule has 7 nitrogen and oxygen atoms in total. The maximum absolute atomic E-state index is 11.6. The number of rotatable bonds is 8. The number of amides is 1. The minimum atomic E-state index is -0.0350. The van der Waals surface area contributed by atoms with Crippen LogP contribution in [0, 0.1) is 0 Å². The zero-order valence-corrected chi connectivity index (χ0v) is 11.9. The van der Waals surface area contributed by atoms with Crippen molar-refractivity contribution in [3.63, 3.8) is 0 Å². The van der Waals surface area contributed by atoms with Gasteiger partial charge in [-0.1, -0.05) is 0 Å². The fourth-order valence-electron chi connectivity index (χ4n) is 1.71. The zero-order valence-electron chi connectivity index (χ0n) is 11.9. The quantitative estimate of drug-likeness (QED) is 0.735. The Balaban J connectivity index is 1.77. The molecule has 0 unspecified atom stereocenters. The topological polar surface area (TPSA) is 90.1 Å². The van der Waals surface area contributed by atoms with Crippen molar-refractivity contribution < 1.29 is 13.9 Å². The molecule has 0 saturated carbocycles. The van der Waals surface area contributed by atoms with E-state index in [1.807, 2.05) is 6.07 Å². The lowest BCUT2D eigenvalue weighted by molar-refractivity contribution is -0.121. The van der Waals surface area contributed by atoms with Crippen molar-refractivity contribution >= 4 is 5.91 Å². The number of aromatic nitrogens is 3. The molecule has 2 aromatic rings. The molecule has 0 aliphatic rings. The van der Waals surface area contributed by atoms with Gasteiger partial charge in [0.1, 0.15) is 0 Å². The first-order chi connectivity index (χ1) is 10.3. The number of carbonyl (C=O) groups is 1. The van der Waals surface area contributed by atoms with E-state index in [2.05, 4.69) is 20.5 Å². The minimum Gasteiger partial charge on any atom is -0.421 e. The molecular formula is C14H18N4O3. The van der Waals surface area contributed by atoms with Crippen LogP contribution in [0.3, 0.4) is 0 Å². The molecule has 0 saturated heterocycles. The van der Waals surface area contributed by atoms with Gasteiger partial charge in [-0.25, -0.2) is 0 Å². The SMILES string of the molecule is COCCCNC(=O)CCc1nnc(-c2cccnc2)o1. The number of nitrogens with zero attached hydrogens (tertiary/aromatic N) is 3. The van der Waals surface area contributed by atoms with Crippen molar-refractivity contribution in [3.8, 4) is 11.5 Å². The number of nitrogens with one attached hydrogen (secondary N) is 1. The number of pyridine rings is 1. The predicted molar refractivity (Wildman–Crippen MR) is 75.4 cm³/mol. The van der Waals surface area contributed by atoms with Gasteiger partial charge in [-0.3, -0.25) is 9.78 Å². The fraction of sp³-hybridized carbons (Fsp3) is 0.429. The van der Waals surface area contributed by atoms with Crippen LogP contribution in [0.4, 0.5) is 0 Å². The fourth-order valence-corrected chi connectivity index (χ4v) is 1.71. The van der Waals surface area contributed by atoms with E-state index in [-0.39, 0.29) is 5.91 Å². The summed E-state index contributed by atoms with van der Waals surface area (Å²) in [6.45, 7) is 1.25. The summed E-state index contributed by atoms with van der Waals surface area (Å²) in [4.78, 5) is 15.6. The third-order valence-electron chi connectivity index (χ3n) is 2.79. The summed E-state index contributed by atoms with van der Waals surface area (Å²) < 4.78 is 10.4. The smallest absolute Gasteiger partial charge is 0.249 e. The molecule has 0 spiro atoms. The van der Waals surface area contributed by atoms with Crippen molar-refractivity contribution in [1.29, 1.82) is 0 Å². The van der Waals surface area contributed by atoms with Crippen LogP contribution in [0.1, 0.15) is 18.7 Å². The first-order valence-electron chi connectivity index (χ1n) is 6.78. The highest BCUT2D eigenvalue weighted by Crippen LogP contribution is 2.16. The van der Waals surface area contributed by atoms with Crippen molar-refractivity contribution in [2.24, 2.45) is 0 Å². The molecule has 1 amide bonds. The molecule has 21 heavy (non-hydrogen) atoms. The summed E-state index contributed by atoms with van der Waals surface area (Å²) in [5, 5.41) is 10.7. The van der Waals surface area contributed by atoms with E-state index in [1.54, 1.807) is 25.6 Å². The first-order valence-corrected chi connectivity index (χ1v) is 6.78. The Morgan fingerprint density at radius 2 is 2.33 bits per heavy atom. The van der Waals surface area contributed by atoms with Crippen molar-refractivity contribution in [1.82, 2.24) is 20.5 Å². The molecule has 1 N–H and O–H groups in total. The van der Waals surface area contributed by atoms with Crippen LogP contribution in [-0.2, 0) is 16.0 Å². The molecule has 112 valence electrons. The number of hydrogen-bond acceptors (Lipinski definition) is 6. The second-order valence-corrected chi connectivity index (χ2v) is 4.44. The summed E-state index contributed by atoms with van der Waals surface area (Å²) in [6, 6.07) is 3.64. The van der Waals surface area contributed by atoms with Crippen LogP contribution in [0.25, 0.3) is 11.5 Å². The van der Waals surface area contributed by atoms with Crippen LogP contribution >= 0.6 is 0 Å². The molecule has 0 fully saturated rings. The molecule has 2 rings (SSSR count).